The van der Waals surface area contributed by atoms with Gasteiger partial charge >= 0.3 is 0 Å². The Labute approximate surface area is 95.9 Å². The average Bonchev–Trinajstić information content (AvgIpc) is 2.39. The maximum absolute atomic E-state index is 5.21. The highest BCUT2D eigenvalue weighted by Gasteiger charge is 2.01. The van der Waals surface area contributed by atoms with Crippen LogP contribution in [0.5, 0.6) is 5.75 Å². The molecule has 2 nitrogen and oxygen atoms in total. The van der Waals surface area contributed by atoms with Gasteiger partial charge in [0.15, 0.2) is 0 Å². The van der Waals surface area contributed by atoms with Gasteiger partial charge in [-0.25, -0.2) is 0 Å². The smallest absolute Gasteiger partial charge is 0.119 e. The molecule has 0 aliphatic heterocycles. The summed E-state index contributed by atoms with van der Waals surface area (Å²) >= 11 is 0. The monoisotopic (exact) mass is 213 g/mol. The Kier molecular flexibility index (Phi) is 3.20. The first kappa shape index (κ1) is 10.7. The van der Waals surface area contributed by atoms with E-state index in [1.165, 1.54) is 5.56 Å². The fourth-order valence-electron chi connectivity index (χ4n) is 1.63. The van der Waals surface area contributed by atoms with Crippen molar-refractivity contribution in [3.63, 3.8) is 0 Å². The van der Waals surface area contributed by atoms with Crippen LogP contribution in [0.4, 0.5) is 0 Å². The zero-order valence-corrected chi connectivity index (χ0v) is 9.60. The van der Waals surface area contributed by atoms with Crippen molar-refractivity contribution in [2.45, 2.75) is 13.3 Å². The number of pyridine rings is 1. The lowest BCUT2D eigenvalue weighted by Crippen LogP contribution is -1.88. The Morgan fingerprint density at radius 1 is 1.19 bits per heavy atom. The van der Waals surface area contributed by atoms with Crippen LogP contribution in [0.3, 0.4) is 0 Å². The predicted molar refractivity (Wildman–Crippen MR) is 65.6 cm³/mol. The molecule has 0 atom stereocenters. The fraction of sp³-hybridized carbons (Fsp3) is 0.214. The van der Waals surface area contributed by atoms with Gasteiger partial charge in [0.2, 0.25) is 0 Å². The number of nitrogens with zero attached hydrogens (tertiary/aromatic N) is 1. The molecule has 0 N–H and O–H groups in total. The minimum atomic E-state index is 0.862. The summed E-state index contributed by atoms with van der Waals surface area (Å²) in [6.07, 6.45) is 2.88. The third-order valence-corrected chi connectivity index (χ3v) is 2.60. The predicted octanol–water partition coefficient (Wildman–Crippen LogP) is 3.32. The molecule has 0 saturated carbocycles. The van der Waals surface area contributed by atoms with E-state index in [9.17, 15) is 0 Å². The molecule has 0 bridgehead atoms. The van der Waals surface area contributed by atoms with E-state index in [1.807, 2.05) is 36.5 Å². The molecule has 1 heterocycles. The number of rotatable bonds is 3. The first-order valence-electron chi connectivity index (χ1n) is 5.43. The summed E-state index contributed by atoms with van der Waals surface area (Å²) in [6, 6.07) is 12.1. The van der Waals surface area contributed by atoms with Crippen molar-refractivity contribution in [2.24, 2.45) is 0 Å². The molecule has 2 aromatic rings. The summed E-state index contributed by atoms with van der Waals surface area (Å²) in [7, 11) is 1.68. The van der Waals surface area contributed by atoms with Crippen molar-refractivity contribution in [1.82, 2.24) is 4.98 Å². The molecule has 82 valence electrons. The standard InChI is InChI=1S/C14H15NO/c1-3-11-7-8-15-14(9-11)12-5-4-6-13(10-12)16-2/h4-10H,3H2,1-2H3. The average molecular weight is 213 g/mol. The van der Waals surface area contributed by atoms with Crippen molar-refractivity contribution in [2.75, 3.05) is 7.11 Å². The lowest BCUT2D eigenvalue weighted by atomic mass is 10.1. The van der Waals surface area contributed by atoms with Crippen molar-refractivity contribution in [3.8, 4) is 17.0 Å². The number of aryl methyl sites for hydroxylation is 1. The Bertz CT molecular complexity index is 434. The summed E-state index contributed by atoms with van der Waals surface area (Å²) in [5.41, 5.74) is 3.39. The molecule has 1 aromatic heterocycles. The summed E-state index contributed by atoms with van der Waals surface area (Å²) in [5.74, 6) is 0.862. The van der Waals surface area contributed by atoms with Crippen molar-refractivity contribution in [1.29, 1.82) is 0 Å². The van der Waals surface area contributed by atoms with Gasteiger partial charge in [0, 0.05) is 11.8 Å². The molecule has 0 radical (unpaired) electrons. The molecule has 0 fully saturated rings. The van der Waals surface area contributed by atoms with Gasteiger partial charge in [-0.1, -0.05) is 19.1 Å². The highest BCUT2D eigenvalue weighted by atomic mass is 16.5. The number of hydrogen-bond acceptors (Lipinski definition) is 2. The second kappa shape index (κ2) is 4.79. The lowest BCUT2D eigenvalue weighted by Gasteiger charge is -2.05. The molecule has 16 heavy (non-hydrogen) atoms. The number of benzene rings is 1. The van der Waals surface area contributed by atoms with Gasteiger partial charge in [-0.15, -0.1) is 0 Å². The normalized spacial score (nSPS) is 10.1. The molecule has 1 aromatic carbocycles. The van der Waals surface area contributed by atoms with Crippen molar-refractivity contribution >= 4 is 0 Å². The van der Waals surface area contributed by atoms with Gasteiger partial charge < -0.3 is 4.74 Å². The molecule has 0 aliphatic carbocycles. The summed E-state index contributed by atoms with van der Waals surface area (Å²) < 4.78 is 5.21. The maximum atomic E-state index is 5.21. The van der Waals surface area contributed by atoms with E-state index in [4.69, 9.17) is 4.74 Å². The van der Waals surface area contributed by atoms with E-state index in [2.05, 4.69) is 18.0 Å². The molecule has 0 saturated heterocycles. The van der Waals surface area contributed by atoms with Crippen molar-refractivity contribution in [3.05, 3.63) is 48.2 Å². The molecular weight excluding hydrogens is 198 g/mol. The number of ether oxygens (including phenoxy) is 1. The molecule has 0 aliphatic rings. The van der Waals surface area contributed by atoms with Gasteiger partial charge in [0.05, 0.1) is 12.8 Å². The van der Waals surface area contributed by atoms with Crippen LogP contribution in [-0.2, 0) is 6.42 Å². The van der Waals surface area contributed by atoms with Crippen LogP contribution in [0.25, 0.3) is 11.3 Å². The van der Waals surface area contributed by atoms with Crippen LogP contribution in [0.2, 0.25) is 0 Å². The lowest BCUT2D eigenvalue weighted by molar-refractivity contribution is 0.415. The molecule has 0 spiro atoms. The minimum absolute atomic E-state index is 0.862. The first-order chi connectivity index (χ1) is 7.83. The third-order valence-electron chi connectivity index (χ3n) is 2.60. The quantitative estimate of drug-likeness (QED) is 0.780. The van der Waals surface area contributed by atoms with Crippen LogP contribution >= 0.6 is 0 Å². The Hall–Kier alpha value is -1.83. The van der Waals surface area contributed by atoms with Crippen LogP contribution in [0.1, 0.15) is 12.5 Å². The van der Waals surface area contributed by atoms with Crippen molar-refractivity contribution < 1.29 is 4.74 Å². The van der Waals surface area contributed by atoms with Gasteiger partial charge in [0.1, 0.15) is 5.75 Å². The first-order valence-corrected chi connectivity index (χ1v) is 5.43. The summed E-state index contributed by atoms with van der Waals surface area (Å²) in [6.45, 7) is 2.14. The van der Waals surface area contributed by atoms with Crippen LogP contribution in [-0.4, -0.2) is 12.1 Å². The Morgan fingerprint density at radius 2 is 2.06 bits per heavy atom. The van der Waals surface area contributed by atoms with E-state index in [-0.39, 0.29) is 0 Å². The maximum Gasteiger partial charge on any atom is 0.119 e. The Balaban J connectivity index is 2.41. The van der Waals surface area contributed by atoms with E-state index in [0.717, 1.165) is 23.4 Å². The third kappa shape index (κ3) is 2.22. The van der Waals surface area contributed by atoms with E-state index < -0.39 is 0 Å². The van der Waals surface area contributed by atoms with E-state index in [1.54, 1.807) is 7.11 Å². The SMILES string of the molecule is CCc1ccnc(-c2cccc(OC)c2)c1. The second-order valence-electron chi connectivity index (χ2n) is 3.63. The largest absolute Gasteiger partial charge is 0.497 e. The van der Waals surface area contributed by atoms with Gasteiger partial charge in [-0.3, -0.25) is 4.98 Å². The van der Waals surface area contributed by atoms with Gasteiger partial charge in [0.25, 0.3) is 0 Å². The topological polar surface area (TPSA) is 22.1 Å². The van der Waals surface area contributed by atoms with Crippen LogP contribution in [0, 0.1) is 0 Å². The molecular formula is C14H15NO. The van der Waals surface area contributed by atoms with Crippen LogP contribution < -0.4 is 4.74 Å². The molecule has 0 amide bonds. The van der Waals surface area contributed by atoms with Gasteiger partial charge in [-0.05, 0) is 36.2 Å². The number of aromatic nitrogens is 1. The second-order valence-corrected chi connectivity index (χ2v) is 3.63. The van der Waals surface area contributed by atoms with E-state index >= 15 is 0 Å². The molecule has 2 heteroatoms. The number of methoxy groups -OCH3 is 1. The van der Waals surface area contributed by atoms with E-state index in [0.29, 0.717) is 0 Å². The molecule has 0 unspecified atom stereocenters. The zero-order valence-electron chi connectivity index (χ0n) is 9.60. The fourth-order valence-corrected chi connectivity index (χ4v) is 1.63. The van der Waals surface area contributed by atoms with Crippen LogP contribution in [0.15, 0.2) is 42.6 Å². The zero-order chi connectivity index (χ0) is 11.4. The summed E-state index contributed by atoms with van der Waals surface area (Å²) in [4.78, 5) is 4.38. The minimum Gasteiger partial charge on any atom is -0.497 e. The number of hydrogen-bond donors (Lipinski definition) is 0. The summed E-state index contributed by atoms with van der Waals surface area (Å²) in [5, 5.41) is 0. The molecule has 2 rings (SSSR count). The Morgan fingerprint density at radius 3 is 2.81 bits per heavy atom. The van der Waals surface area contributed by atoms with Gasteiger partial charge in [-0.2, -0.15) is 0 Å². The highest BCUT2D eigenvalue weighted by Crippen LogP contribution is 2.22. The highest BCUT2D eigenvalue weighted by molar-refractivity contribution is 5.61.